The number of rotatable bonds is 3. The van der Waals surface area contributed by atoms with Crippen LogP contribution in [0.3, 0.4) is 0 Å². The number of hydrogen-bond acceptors (Lipinski definition) is 5. The minimum Gasteiger partial charge on any atom is -0.466 e. The van der Waals surface area contributed by atoms with Crippen LogP contribution in [-0.2, 0) is 9.53 Å². The molecule has 2 N–H and O–H groups in total. The maximum atomic E-state index is 12.4. The summed E-state index contributed by atoms with van der Waals surface area (Å²) in [7, 11) is 0. The van der Waals surface area contributed by atoms with E-state index < -0.39 is 0 Å². The van der Waals surface area contributed by atoms with Crippen LogP contribution in [0, 0.1) is 5.92 Å². The lowest BCUT2D eigenvalue weighted by Crippen LogP contribution is -2.42. The second-order valence-corrected chi connectivity index (χ2v) is 4.85. The number of pyridine rings is 1. The molecule has 1 atom stereocenters. The van der Waals surface area contributed by atoms with Gasteiger partial charge in [0.25, 0.3) is 5.91 Å². The maximum absolute atomic E-state index is 12.4. The zero-order chi connectivity index (χ0) is 14.5. The number of likely N-dealkylation sites (tertiary alicyclic amines) is 1. The molecule has 1 aromatic rings. The molecule has 0 aromatic carbocycles. The smallest absolute Gasteiger partial charge is 0.310 e. The summed E-state index contributed by atoms with van der Waals surface area (Å²) in [5.41, 5.74) is 6.54. The molecule has 1 fully saturated rings. The first kappa shape index (κ1) is 14.3. The van der Waals surface area contributed by atoms with Crippen LogP contribution in [0.2, 0.25) is 0 Å². The van der Waals surface area contributed by atoms with Crippen LogP contribution in [0.5, 0.6) is 0 Å². The molecular formula is C14H19N3O3. The number of aromatic nitrogens is 1. The molecule has 0 saturated carbocycles. The monoisotopic (exact) mass is 277 g/mol. The molecule has 108 valence electrons. The number of nitrogen functional groups attached to an aromatic ring is 1. The highest BCUT2D eigenvalue weighted by Gasteiger charge is 2.29. The van der Waals surface area contributed by atoms with Gasteiger partial charge >= 0.3 is 5.97 Å². The largest absolute Gasteiger partial charge is 0.466 e. The third-order valence-electron chi connectivity index (χ3n) is 3.33. The maximum Gasteiger partial charge on any atom is 0.310 e. The van der Waals surface area contributed by atoms with Crippen molar-refractivity contribution in [2.24, 2.45) is 5.92 Å². The van der Waals surface area contributed by atoms with E-state index >= 15 is 0 Å². The molecule has 2 heterocycles. The van der Waals surface area contributed by atoms with Crippen molar-refractivity contribution < 1.29 is 14.3 Å². The Morgan fingerprint density at radius 2 is 2.30 bits per heavy atom. The summed E-state index contributed by atoms with van der Waals surface area (Å²) in [5.74, 6) is -0.601. The first-order valence-corrected chi connectivity index (χ1v) is 6.78. The average Bonchev–Trinajstić information content (AvgIpc) is 2.47. The second-order valence-electron chi connectivity index (χ2n) is 4.85. The molecule has 0 radical (unpaired) electrons. The van der Waals surface area contributed by atoms with Crippen LogP contribution < -0.4 is 5.73 Å². The van der Waals surface area contributed by atoms with E-state index in [1.54, 1.807) is 17.9 Å². The Balaban J connectivity index is 2.05. The predicted octanol–water partition coefficient (Wildman–Crippen LogP) is 1.08. The molecule has 1 saturated heterocycles. The molecule has 0 bridgehead atoms. The van der Waals surface area contributed by atoms with E-state index in [4.69, 9.17) is 10.5 Å². The summed E-state index contributed by atoms with van der Waals surface area (Å²) in [6.07, 6.45) is 4.55. The van der Waals surface area contributed by atoms with Crippen molar-refractivity contribution in [3.05, 3.63) is 24.0 Å². The molecule has 0 aliphatic carbocycles. The molecule has 6 heteroatoms. The molecule has 6 nitrogen and oxygen atoms in total. The molecule has 1 aromatic heterocycles. The lowest BCUT2D eigenvalue weighted by Gasteiger charge is -2.31. The van der Waals surface area contributed by atoms with Crippen LogP contribution in [0.15, 0.2) is 18.5 Å². The van der Waals surface area contributed by atoms with Gasteiger partial charge in [-0.15, -0.1) is 0 Å². The fourth-order valence-corrected chi connectivity index (χ4v) is 2.37. The van der Waals surface area contributed by atoms with Crippen LogP contribution in [-0.4, -0.2) is 41.5 Å². The van der Waals surface area contributed by atoms with Gasteiger partial charge in [0.2, 0.25) is 0 Å². The number of nitrogens with two attached hydrogens (primary N) is 1. The number of carbonyl (C=O) groups excluding carboxylic acids is 2. The van der Waals surface area contributed by atoms with Gasteiger partial charge in [-0.3, -0.25) is 14.6 Å². The van der Waals surface area contributed by atoms with E-state index in [-0.39, 0.29) is 17.8 Å². The highest BCUT2D eigenvalue weighted by molar-refractivity contribution is 5.95. The molecule has 20 heavy (non-hydrogen) atoms. The zero-order valence-corrected chi connectivity index (χ0v) is 11.5. The van der Waals surface area contributed by atoms with Gasteiger partial charge in [-0.25, -0.2) is 0 Å². The van der Waals surface area contributed by atoms with E-state index in [1.807, 2.05) is 0 Å². The van der Waals surface area contributed by atoms with Gasteiger partial charge in [-0.2, -0.15) is 0 Å². The standard InChI is InChI=1S/C14H19N3O3/c1-2-20-14(19)10-4-3-5-17(9-10)13(18)11-6-12(15)8-16-7-11/h6-8,10H,2-5,9,15H2,1H3. The Morgan fingerprint density at radius 1 is 1.50 bits per heavy atom. The Hall–Kier alpha value is -2.11. The second kappa shape index (κ2) is 6.36. The number of anilines is 1. The van der Waals surface area contributed by atoms with E-state index in [0.717, 1.165) is 12.8 Å². The van der Waals surface area contributed by atoms with Gasteiger partial charge in [0.05, 0.1) is 23.8 Å². The normalized spacial score (nSPS) is 18.6. The number of hydrogen-bond donors (Lipinski definition) is 1. The van der Waals surface area contributed by atoms with Crippen molar-refractivity contribution in [1.29, 1.82) is 0 Å². The molecule has 0 spiro atoms. The third kappa shape index (κ3) is 3.26. The van der Waals surface area contributed by atoms with Gasteiger partial charge in [0, 0.05) is 25.5 Å². The summed E-state index contributed by atoms with van der Waals surface area (Å²) in [6.45, 7) is 3.18. The quantitative estimate of drug-likeness (QED) is 0.835. The molecule has 1 aliphatic heterocycles. The van der Waals surface area contributed by atoms with Gasteiger partial charge < -0.3 is 15.4 Å². The number of carbonyl (C=O) groups is 2. The van der Waals surface area contributed by atoms with Crippen molar-refractivity contribution in [1.82, 2.24) is 9.88 Å². The number of nitrogens with zero attached hydrogens (tertiary/aromatic N) is 2. The summed E-state index contributed by atoms with van der Waals surface area (Å²) < 4.78 is 5.03. The van der Waals surface area contributed by atoms with Crippen LogP contribution >= 0.6 is 0 Å². The van der Waals surface area contributed by atoms with E-state index in [2.05, 4.69) is 4.98 Å². The Bertz CT molecular complexity index is 504. The fourth-order valence-electron chi connectivity index (χ4n) is 2.37. The summed E-state index contributed by atoms with van der Waals surface area (Å²) >= 11 is 0. The van der Waals surface area contributed by atoms with Crippen LogP contribution in [0.25, 0.3) is 0 Å². The Morgan fingerprint density at radius 3 is 3.00 bits per heavy atom. The first-order chi connectivity index (χ1) is 9.61. The van der Waals surface area contributed by atoms with Crippen molar-refractivity contribution in [2.45, 2.75) is 19.8 Å². The minimum absolute atomic E-state index is 0.140. The molecule has 1 unspecified atom stereocenters. The molecule has 2 rings (SSSR count). The van der Waals surface area contributed by atoms with Crippen molar-refractivity contribution >= 4 is 17.6 Å². The zero-order valence-electron chi connectivity index (χ0n) is 11.5. The van der Waals surface area contributed by atoms with Gasteiger partial charge in [0.1, 0.15) is 0 Å². The number of amides is 1. The Kier molecular flexibility index (Phi) is 4.55. The molecule has 1 aliphatic rings. The highest BCUT2D eigenvalue weighted by atomic mass is 16.5. The average molecular weight is 277 g/mol. The number of piperidine rings is 1. The number of esters is 1. The van der Waals surface area contributed by atoms with Gasteiger partial charge in [0.15, 0.2) is 0 Å². The summed E-state index contributed by atoms with van der Waals surface area (Å²) in [5, 5.41) is 0. The topological polar surface area (TPSA) is 85.5 Å². The van der Waals surface area contributed by atoms with E-state index in [1.165, 1.54) is 12.4 Å². The first-order valence-electron chi connectivity index (χ1n) is 6.78. The lowest BCUT2D eigenvalue weighted by atomic mass is 9.97. The van der Waals surface area contributed by atoms with Crippen molar-refractivity contribution in [3.63, 3.8) is 0 Å². The SMILES string of the molecule is CCOC(=O)C1CCCN(C(=O)c2cncc(N)c2)C1. The van der Waals surface area contributed by atoms with E-state index in [9.17, 15) is 9.59 Å². The predicted molar refractivity (Wildman–Crippen MR) is 73.9 cm³/mol. The fraction of sp³-hybridized carbons (Fsp3) is 0.500. The summed E-state index contributed by atoms with van der Waals surface area (Å²) in [6, 6.07) is 1.60. The van der Waals surface area contributed by atoms with Gasteiger partial charge in [-0.05, 0) is 25.8 Å². The highest BCUT2D eigenvalue weighted by Crippen LogP contribution is 2.20. The van der Waals surface area contributed by atoms with Crippen LogP contribution in [0.1, 0.15) is 30.1 Å². The third-order valence-corrected chi connectivity index (χ3v) is 3.33. The van der Waals surface area contributed by atoms with Crippen LogP contribution in [0.4, 0.5) is 5.69 Å². The summed E-state index contributed by atoms with van der Waals surface area (Å²) in [4.78, 5) is 29.7. The Labute approximate surface area is 117 Å². The molecule has 1 amide bonds. The minimum atomic E-state index is -0.235. The molecular weight excluding hydrogens is 258 g/mol. The van der Waals surface area contributed by atoms with E-state index in [0.29, 0.717) is 30.9 Å². The van der Waals surface area contributed by atoms with Crippen molar-refractivity contribution in [3.8, 4) is 0 Å². The van der Waals surface area contributed by atoms with Crippen molar-refractivity contribution in [2.75, 3.05) is 25.4 Å². The lowest BCUT2D eigenvalue weighted by molar-refractivity contribution is -0.149. The number of ether oxygens (including phenoxy) is 1. The van der Waals surface area contributed by atoms with Gasteiger partial charge in [-0.1, -0.05) is 0 Å².